The van der Waals surface area contributed by atoms with E-state index in [1.165, 1.54) is 0 Å². The molecule has 7 nitrogen and oxygen atoms in total. The van der Waals surface area contributed by atoms with Crippen molar-refractivity contribution in [1.82, 2.24) is 10.2 Å². The third kappa shape index (κ3) is 5.28. The molecule has 2 aromatic carbocycles. The van der Waals surface area contributed by atoms with Gasteiger partial charge < -0.3 is 20.1 Å². The van der Waals surface area contributed by atoms with Gasteiger partial charge in [-0.05, 0) is 28.7 Å². The molecule has 1 fully saturated rings. The van der Waals surface area contributed by atoms with Crippen LogP contribution in [0, 0.1) is 0 Å². The lowest BCUT2D eigenvalue weighted by Gasteiger charge is -2.24. The van der Waals surface area contributed by atoms with Crippen LogP contribution in [0.1, 0.15) is 49.7 Å². The van der Waals surface area contributed by atoms with Gasteiger partial charge in [0.2, 0.25) is 5.91 Å². The number of hydrogen-bond acceptors (Lipinski definition) is 4. The number of aliphatic carboxylic acids is 1. The van der Waals surface area contributed by atoms with Crippen molar-refractivity contribution in [3.05, 3.63) is 59.7 Å². The predicted molar refractivity (Wildman–Crippen MR) is 124 cm³/mol. The normalized spacial score (nSPS) is 19.1. The molecule has 1 aliphatic carbocycles. The van der Waals surface area contributed by atoms with E-state index in [4.69, 9.17) is 4.74 Å². The first-order valence-corrected chi connectivity index (χ1v) is 11.7. The first kappa shape index (κ1) is 24.6. The molecule has 2 aromatic rings. The first-order valence-electron chi connectivity index (χ1n) is 11.7. The van der Waals surface area contributed by atoms with Crippen LogP contribution in [0.3, 0.4) is 0 Å². The first-order chi connectivity index (χ1) is 16.7. The zero-order valence-electron chi connectivity index (χ0n) is 19.4. The van der Waals surface area contributed by atoms with Gasteiger partial charge in [-0.25, -0.2) is 18.4 Å². The van der Waals surface area contributed by atoms with Gasteiger partial charge in [0.25, 0.3) is 5.92 Å². The molecule has 9 heteroatoms. The molecule has 35 heavy (non-hydrogen) atoms. The zero-order valence-corrected chi connectivity index (χ0v) is 19.4. The Kier molecular flexibility index (Phi) is 7.05. The summed E-state index contributed by atoms with van der Waals surface area (Å²) in [4.78, 5) is 37.4. The largest absolute Gasteiger partial charge is 0.480 e. The number of amides is 2. The van der Waals surface area contributed by atoms with Crippen LogP contribution in [0.2, 0.25) is 0 Å². The Labute approximate surface area is 202 Å². The Morgan fingerprint density at radius 3 is 2.29 bits per heavy atom. The van der Waals surface area contributed by atoms with Gasteiger partial charge >= 0.3 is 12.1 Å². The average molecular weight is 487 g/mol. The van der Waals surface area contributed by atoms with Crippen molar-refractivity contribution in [3.8, 4) is 11.1 Å². The van der Waals surface area contributed by atoms with Crippen LogP contribution >= 0.6 is 0 Å². The predicted octanol–water partition coefficient (Wildman–Crippen LogP) is 4.40. The summed E-state index contributed by atoms with van der Waals surface area (Å²) in [6.45, 7) is 1.03. The van der Waals surface area contributed by atoms with E-state index in [1.807, 2.05) is 55.5 Å². The number of ether oxygens (including phenoxy) is 1. The van der Waals surface area contributed by atoms with Gasteiger partial charge in [0.1, 0.15) is 12.6 Å². The molecular weight excluding hydrogens is 458 g/mol. The molecule has 0 unspecified atom stereocenters. The number of alkyl carbamates (subject to hydrolysis) is 1. The minimum absolute atomic E-state index is 0.103. The molecule has 0 aromatic heterocycles. The summed E-state index contributed by atoms with van der Waals surface area (Å²) in [5, 5.41) is 11.9. The number of likely N-dealkylation sites (tertiary alicyclic amines) is 1. The van der Waals surface area contributed by atoms with E-state index in [-0.39, 0.29) is 18.9 Å². The van der Waals surface area contributed by atoms with Crippen molar-refractivity contribution in [1.29, 1.82) is 0 Å². The van der Waals surface area contributed by atoms with Crippen molar-refractivity contribution in [2.24, 2.45) is 0 Å². The highest BCUT2D eigenvalue weighted by atomic mass is 19.3. The van der Waals surface area contributed by atoms with Gasteiger partial charge in [-0.15, -0.1) is 0 Å². The third-order valence-corrected chi connectivity index (χ3v) is 6.60. The van der Waals surface area contributed by atoms with Crippen LogP contribution in [0.5, 0.6) is 0 Å². The Morgan fingerprint density at radius 1 is 1.11 bits per heavy atom. The molecule has 0 saturated carbocycles. The van der Waals surface area contributed by atoms with E-state index < -0.39 is 48.9 Å². The third-order valence-electron chi connectivity index (χ3n) is 6.60. The molecule has 0 spiro atoms. The molecule has 4 rings (SSSR count). The lowest BCUT2D eigenvalue weighted by molar-refractivity contribution is -0.148. The quantitative estimate of drug-likeness (QED) is 0.577. The van der Waals surface area contributed by atoms with Crippen LogP contribution < -0.4 is 5.32 Å². The maximum Gasteiger partial charge on any atom is 0.407 e. The van der Waals surface area contributed by atoms with E-state index in [1.54, 1.807) is 0 Å². The van der Waals surface area contributed by atoms with Crippen LogP contribution in [0.25, 0.3) is 11.1 Å². The summed E-state index contributed by atoms with van der Waals surface area (Å²) in [5.41, 5.74) is 4.33. The average Bonchev–Trinajstić information content (AvgIpc) is 3.32. The summed E-state index contributed by atoms with van der Waals surface area (Å²) < 4.78 is 33.1. The van der Waals surface area contributed by atoms with Gasteiger partial charge in [-0.3, -0.25) is 4.79 Å². The number of benzene rings is 2. The van der Waals surface area contributed by atoms with E-state index in [0.29, 0.717) is 17.7 Å². The second-order valence-corrected chi connectivity index (χ2v) is 9.10. The minimum Gasteiger partial charge on any atom is -0.480 e. The summed E-state index contributed by atoms with van der Waals surface area (Å²) in [7, 11) is 0. The fourth-order valence-corrected chi connectivity index (χ4v) is 5.01. The number of carboxylic acid groups (broad SMARTS) is 1. The fourth-order valence-electron chi connectivity index (χ4n) is 5.01. The van der Waals surface area contributed by atoms with Crippen LogP contribution in [0.15, 0.2) is 48.5 Å². The number of carboxylic acids is 1. The van der Waals surface area contributed by atoms with Crippen molar-refractivity contribution in [2.75, 3.05) is 13.2 Å². The van der Waals surface area contributed by atoms with Crippen molar-refractivity contribution in [2.45, 2.75) is 56.5 Å². The number of rotatable bonds is 8. The van der Waals surface area contributed by atoms with Gasteiger partial charge in [0, 0.05) is 24.8 Å². The lowest BCUT2D eigenvalue weighted by Crippen LogP contribution is -2.45. The minimum atomic E-state index is -3.25. The molecule has 2 N–H and O–H groups in total. The molecule has 0 radical (unpaired) electrons. The number of nitrogens with zero attached hydrogens (tertiary/aromatic N) is 1. The SMILES string of the molecule is CCC[C@@H](CC(=O)N1CC(F)(F)C[C@H]1C(=O)O)NC(=O)OCC1c2ccccc2-c2ccccc21. The number of fused-ring (bicyclic) bond motifs is 3. The molecule has 2 amide bonds. The molecule has 0 bridgehead atoms. The fraction of sp³-hybridized carbons (Fsp3) is 0.423. The van der Waals surface area contributed by atoms with Crippen LogP contribution in [-0.4, -0.2) is 59.1 Å². The Balaban J connectivity index is 1.38. The number of carbonyl (C=O) groups is 3. The second kappa shape index (κ2) is 10.0. The maximum atomic E-state index is 13.8. The van der Waals surface area contributed by atoms with E-state index in [2.05, 4.69) is 5.32 Å². The van der Waals surface area contributed by atoms with Gasteiger partial charge in [0.15, 0.2) is 0 Å². The van der Waals surface area contributed by atoms with E-state index >= 15 is 0 Å². The molecule has 186 valence electrons. The second-order valence-electron chi connectivity index (χ2n) is 9.10. The van der Waals surface area contributed by atoms with Crippen molar-refractivity contribution < 1.29 is 33.0 Å². The Bertz CT molecular complexity index is 1080. The molecule has 1 aliphatic heterocycles. The molecule has 1 saturated heterocycles. The maximum absolute atomic E-state index is 13.8. The van der Waals surface area contributed by atoms with Gasteiger partial charge in [-0.2, -0.15) is 0 Å². The topological polar surface area (TPSA) is 95.9 Å². The monoisotopic (exact) mass is 486 g/mol. The molecular formula is C26H28F2N2O5. The molecule has 2 atom stereocenters. The molecule has 1 heterocycles. The summed E-state index contributed by atoms with van der Waals surface area (Å²) >= 11 is 0. The smallest absolute Gasteiger partial charge is 0.407 e. The van der Waals surface area contributed by atoms with Crippen molar-refractivity contribution in [3.63, 3.8) is 0 Å². The number of nitrogens with one attached hydrogen (secondary N) is 1. The standard InChI is InChI=1S/C26H28F2N2O5/c1-2-7-16(12-23(31)30-15-26(27,28)13-22(30)24(32)33)29-25(34)35-14-21-19-10-5-3-8-17(19)18-9-4-6-11-20(18)21/h3-6,8-11,16,21-22H,2,7,12-15H2,1H3,(H,29,34)(H,32,33)/t16-,22-/m0/s1. The van der Waals surface area contributed by atoms with Crippen LogP contribution in [0.4, 0.5) is 13.6 Å². The van der Waals surface area contributed by atoms with Crippen molar-refractivity contribution >= 4 is 18.0 Å². The van der Waals surface area contributed by atoms with Gasteiger partial charge in [0.05, 0.1) is 6.54 Å². The summed E-state index contributed by atoms with van der Waals surface area (Å²) in [5.74, 6) is -5.57. The van der Waals surface area contributed by atoms with E-state index in [9.17, 15) is 28.3 Å². The van der Waals surface area contributed by atoms with Gasteiger partial charge in [-0.1, -0.05) is 61.9 Å². The lowest BCUT2D eigenvalue weighted by atomic mass is 9.98. The van der Waals surface area contributed by atoms with Crippen LogP contribution in [-0.2, 0) is 14.3 Å². The molecule has 2 aliphatic rings. The summed E-state index contributed by atoms with van der Waals surface area (Å²) in [6, 6.07) is 13.6. The number of halogens is 2. The number of carbonyl (C=O) groups excluding carboxylic acids is 2. The number of alkyl halides is 2. The Morgan fingerprint density at radius 2 is 1.71 bits per heavy atom. The highest BCUT2D eigenvalue weighted by Gasteiger charge is 2.50. The highest BCUT2D eigenvalue weighted by Crippen LogP contribution is 2.44. The highest BCUT2D eigenvalue weighted by molar-refractivity contribution is 5.85. The Hall–Kier alpha value is -3.49. The number of hydrogen-bond donors (Lipinski definition) is 2. The summed E-state index contributed by atoms with van der Waals surface area (Å²) in [6.07, 6.45) is -0.859. The van der Waals surface area contributed by atoms with E-state index in [0.717, 1.165) is 22.3 Å². The zero-order chi connectivity index (χ0) is 25.2.